The van der Waals surface area contributed by atoms with Crippen LogP contribution in [0.3, 0.4) is 0 Å². The number of hydroxylamine groups is 2. The first-order chi connectivity index (χ1) is 15.3. The van der Waals surface area contributed by atoms with E-state index in [1.165, 1.54) is 50.8 Å². The van der Waals surface area contributed by atoms with E-state index in [0.29, 0.717) is 22.2 Å². The first kappa shape index (κ1) is 23.8. The van der Waals surface area contributed by atoms with Gasteiger partial charge in [-0.1, -0.05) is 23.2 Å². The van der Waals surface area contributed by atoms with Crippen molar-refractivity contribution in [2.75, 3.05) is 33.3 Å². The van der Waals surface area contributed by atoms with Crippen LogP contribution >= 0.6 is 34.5 Å². The number of hydrogen-bond acceptors (Lipinski definition) is 7. The second-order valence-electron chi connectivity index (χ2n) is 6.30. The molecule has 1 aromatic heterocycles. The van der Waals surface area contributed by atoms with Crippen LogP contribution in [0, 0.1) is 0 Å². The monoisotopic (exact) mass is 495 g/mol. The van der Waals surface area contributed by atoms with Gasteiger partial charge in [0.05, 0.1) is 37.6 Å². The predicted molar refractivity (Wildman–Crippen MR) is 124 cm³/mol. The zero-order valence-corrected chi connectivity index (χ0v) is 19.9. The van der Waals surface area contributed by atoms with Crippen molar-refractivity contribution in [3.05, 3.63) is 63.1 Å². The topological polar surface area (TPSA) is 81.2 Å². The van der Waals surface area contributed by atoms with E-state index in [4.69, 9.17) is 37.5 Å². The Morgan fingerprint density at radius 1 is 0.969 bits per heavy atom. The van der Waals surface area contributed by atoms with E-state index in [1.807, 2.05) is 0 Å². The molecule has 3 aromatic rings. The molecular weight excluding hydrogens is 477 g/mol. The molecule has 8 nitrogen and oxygen atoms in total. The molecule has 0 saturated carbocycles. The highest BCUT2D eigenvalue weighted by atomic mass is 35.5. The minimum atomic E-state index is -0.465. The Bertz CT molecular complexity index is 1150. The lowest BCUT2D eigenvalue weighted by molar-refractivity contribution is -0.0760. The number of hydrogen-bond donors (Lipinski definition) is 0. The van der Waals surface area contributed by atoms with Crippen LogP contribution in [-0.2, 0) is 4.84 Å². The van der Waals surface area contributed by atoms with Crippen molar-refractivity contribution in [1.29, 1.82) is 0 Å². The molecule has 0 N–H and O–H groups in total. The predicted octanol–water partition coefficient (Wildman–Crippen LogP) is 5.08. The third kappa shape index (κ3) is 4.81. The molecular formula is C21H19Cl2N3O5S. The number of benzene rings is 2. The molecule has 0 bridgehead atoms. The van der Waals surface area contributed by atoms with Crippen LogP contribution < -0.4 is 14.4 Å². The number of methoxy groups -OCH3 is 2. The maximum Gasteiger partial charge on any atom is 0.296 e. The van der Waals surface area contributed by atoms with Gasteiger partial charge in [-0.25, -0.2) is 10.0 Å². The Hall–Kier alpha value is -2.85. The van der Waals surface area contributed by atoms with E-state index in [1.54, 1.807) is 24.3 Å². The molecule has 11 heteroatoms. The fourth-order valence-corrected chi connectivity index (χ4v) is 4.08. The number of halogens is 2. The van der Waals surface area contributed by atoms with Gasteiger partial charge in [-0.05, 0) is 30.3 Å². The molecule has 0 aliphatic carbocycles. The zero-order chi connectivity index (χ0) is 23.4. The van der Waals surface area contributed by atoms with E-state index in [0.717, 1.165) is 16.4 Å². The Kier molecular flexibility index (Phi) is 7.57. The normalized spacial score (nSPS) is 10.6. The lowest BCUT2D eigenvalue weighted by atomic mass is 10.1. The number of thiazole rings is 1. The number of rotatable bonds is 7. The summed E-state index contributed by atoms with van der Waals surface area (Å²) in [5.41, 5.74) is 0.768. The quantitative estimate of drug-likeness (QED) is 0.425. The summed E-state index contributed by atoms with van der Waals surface area (Å²) in [5, 5.41) is 3.41. The molecule has 0 saturated heterocycles. The smallest absolute Gasteiger partial charge is 0.296 e. The van der Waals surface area contributed by atoms with Crippen molar-refractivity contribution in [3.63, 3.8) is 0 Å². The summed E-state index contributed by atoms with van der Waals surface area (Å²) in [6, 6.07) is 9.54. The highest BCUT2D eigenvalue weighted by Gasteiger charge is 2.27. The third-order valence-corrected chi connectivity index (χ3v) is 5.83. The van der Waals surface area contributed by atoms with Crippen molar-refractivity contribution in [2.24, 2.45) is 0 Å². The van der Waals surface area contributed by atoms with Crippen LogP contribution in [0.1, 0.15) is 20.8 Å². The Morgan fingerprint density at radius 2 is 1.69 bits per heavy atom. The third-order valence-electron chi connectivity index (χ3n) is 4.45. The van der Waals surface area contributed by atoms with Crippen LogP contribution in [-0.4, -0.2) is 50.2 Å². The first-order valence-electron chi connectivity index (χ1n) is 9.10. The summed E-state index contributed by atoms with van der Waals surface area (Å²) in [6.07, 6.45) is 0. The molecule has 0 aliphatic heterocycles. The fourth-order valence-electron chi connectivity index (χ4n) is 2.77. The van der Waals surface area contributed by atoms with E-state index in [-0.39, 0.29) is 21.4 Å². The van der Waals surface area contributed by atoms with Crippen LogP contribution in [0.4, 0.5) is 10.8 Å². The van der Waals surface area contributed by atoms with Crippen molar-refractivity contribution in [1.82, 2.24) is 10.0 Å². The molecule has 0 radical (unpaired) electrons. The number of aromatic nitrogens is 1. The second kappa shape index (κ2) is 10.2. The van der Waals surface area contributed by atoms with Crippen molar-refractivity contribution in [3.8, 4) is 11.5 Å². The molecule has 168 valence electrons. The molecule has 0 atom stereocenters. The first-order valence-corrected chi connectivity index (χ1v) is 10.7. The van der Waals surface area contributed by atoms with Crippen LogP contribution in [0.2, 0.25) is 10.0 Å². The second-order valence-corrected chi connectivity index (χ2v) is 7.98. The number of ether oxygens (including phenoxy) is 2. The molecule has 2 amide bonds. The lowest BCUT2D eigenvalue weighted by Gasteiger charge is -2.22. The van der Waals surface area contributed by atoms with E-state index < -0.39 is 11.8 Å². The Labute approximate surface area is 198 Å². The minimum absolute atomic E-state index is 0.120. The Balaban J connectivity index is 2.13. The number of nitrogens with zero attached hydrogens (tertiary/aromatic N) is 3. The number of carbonyl (C=O) groups excluding carboxylic acids is 2. The maximum absolute atomic E-state index is 13.6. The number of carbonyl (C=O) groups is 2. The fraction of sp³-hybridized carbons (Fsp3) is 0.190. The van der Waals surface area contributed by atoms with Gasteiger partial charge >= 0.3 is 0 Å². The Morgan fingerprint density at radius 3 is 2.31 bits per heavy atom. The number of amides is 2. The molecule has 0 unspecified atom stereocenters. The van der Waals surface area contributed by atoms with Gasteiger partial charge in [0.2, 0.25) is 0 Å². The lowest BCUT2D eigenvalue weighted by Crippen LogP contribution is -2.28. The van der Waals surface area contributed by atoms with E-state index in [9.17, 15) is 9.59 Å². The summed E-state index contributed by atoms with van der Waals surface area (Å²) in [5.74, 6) is -0.0200. The van der Waals surface area contributed by atoms with Crippen LogP contribution in [0.25, 0.3) is 0 Å². The molecule has 32 heavy (non-hydrogen) atoms. The summed E-state index contributed by atoms with van der Waals surface area (Å²) < 4.78 is 10.7. The van der Waals surface area contributed by atoms with Gasteiger partial charge in [0.25, 0.3) is 11.8 Å². The summed E-state index contributed by atoms with van der Waals surface area (Å²) in [6.45, 7) is 0. The van der Waals surface area contributed by atoms with Gasteiger partial charge in [-0.2, -0.15) is 0 Å². The average molecular weight is 496 g/mol. The largest absolute Gasteiger partial charge is 0.493 e. The van der Waals surface area contributed by atoms with Gasteiger partial charge in [0, 0.05) is 23.5 Å². The highest BCUT2D eigenvalue weighted by Crippen LogP contribution is 2.37. The zero-order valence-electron chi connectivity index (χ0n) is 17.6. The van der Waals surface area contributed by atoms with E-state index >= 15 is 0 Å². The van der Waals surface area contributed by atoms with E-state index in [2.05, 4.69) is 4.98 Å². The van der Waals surface area contributed by atoms with Crippen LogP contribution in [0.5, 0.6) is 11.5 Å². The summed E-state index contributed by atoms with van der Waals surface area (Å²) >= 11 is 13.4. The van der Waals surface area contributed by atoms with Gasteiger partial charge < -0.3 is 9.47 Å². The maximum atomic E-state index is 13.6. The molecule has 2 aromatic carbocycles. The van der Waals surface area contributed by atoms with Crippen molar-refractivity contribution >= 4 is 57.2 Å². The van der Waals surface area contributed by atoms with Crippen molar-refractivity contribution < 1.29 is 23.9 Å². The number of anilines is 2. The minimum Gasteiger partial charge on any atom is -0.493 e. The highest BCUT2D eigenvalue weighted by molar-refractivity contribution is 7.14. The van der Waals surface area contributed by atoms with Gasteiger partial charge in [0.15, 0.2) is 16.6 Å². The molecule has 0 spiro atoms. The summed E-state index contributed by atoms with van der Waals surface area (Å²) in [4.78, 5) is 36.6. The van der Waals surface area contributed by atoms with Gasteiger partial charge in [-0.3, -0.25) is 19.3 Å². The molecule has 3 rings (SSSR count). The van der Waals surface area contributed by atoms with Crippen molar-refractivity contribution in [2.45, 2.75) is 0 Å². The molecule has 1 heterocycles. The summed E-state index contributed by atoms with van der Waals surface area (Å²) in [7, 11) is 5.84. The van der Waals surface area contributed by atoms with Crippen LogP contribution in [0.15, 0.2) is 41.8 Å². The van der Waals surface area contributed by atoms with Gasteiger partial charge in [-0.15, -0.1) is 11.3 Å². The molecule has 0 fully saturated rings. The SMILES string of the molecule is COc1ccc(N(C(=O)c2ccc(Cl)cc2Cl)c2nc(C(=O)N(C)OC)cs2)cc1OC. The average Bonchev–Trinajstić information content (AvgIpc) is 3.27. The molecule has 0 aliphatic rings. The van der Waals surface area contributed by atoms with Gasteiger partial charge in [0.1, 0.15) is 5.69 Å². The standard InChI is InChI=1S/C21H19Cl2N3O5S/c1-25(31-4)20(28)16-11-32-21(24-16)26(13-6-8-17(29-2)18(10-13)30-3)19(27)14-7-5-12(22)9-15(14)23/h5-11H,1-4H3.